The lowest BCUT2D eigenvalue weighted by Gasteiger charge is -2.29. The first kappa shape index (κ1) is 17.7. The number of carbonyl (C=O) groups excluding carboxylic acids is 1. The van der Waals surface area contributed by atoms with Crippen LogP contribution in [0.25, 0.3) is 5.69 Å². The molecule has 1 amide bonds. The monoisotopic (exact) mass is 378 g/mol. The van der Waals surface area contributed by atoms with Gasteiger partial charge in [0.05, 0.1) is 23.1 Å². The van der Waals surface area contributed by atoms with Crippen LogP contribution >= 0.6 is 15.9 Å². The van der Waals surface area contributed by atoms with E-state index in [-0.39, 0.29) is 11.3 Å². The van der Waals surface area contributed by atoms with E-state index in [0.29, 0.717) is 18.7 Å². The molecule has 124 valence electrons. The Morgan fingerprint density at radius 3 is 2.52 bits per heavy atom. The van der Waals surface area contributed by atoms with Crippen LogP contribution in [0.2, 0.25) is 0 Å². The predicted octanol–water partition coefficient (Wildman–Crippen LogP) is 3.00. The van der Waals surface area contributed by atoms with Gasteiger partial charge in [0.25, 0.3) is 5.91 Å². The van der Waals surface area contributed by atoms with Crippen LogP contribution in [0.4, 0.5) is 0 Å². The highest BCUT2D eigenvalue weighted by molar-refractivity contribution is 9.10. The zero-order valence-electron chi connectivity index (χ0n) is 14.0. The molecule has 2 rings (SSSR count). The summed E-state index contributed by atoms with van der Waals surface area (Å²) in [6.07, 6.45) is 1.63. The zero-order chi connectivity index (χ0) is 17.2. The number of aromatic nitrogens is 2. The molecule has 0 radical (unpaired) electrons. The SMILES string of the molecule is Cc1c(C(=O)N(C)CC(C)(C)CN)cnn1-c1ccc(Br)cc1. The van der Waals surface area contributed by atoms with Gasteiger partial charge in [0.2, 0.25) is 0 Å². The average Bonchev–Trinajstić information content (AvgIpc) is 2.88. The lowest BCUT2D eigenvalue weighted by molar-refractivity contribution is 0.0740. The number of amides is 1. The number of benzene rings is 1. The van der Waals surface area contributed by atoms with Crippen LogP contribution < -0.4 is 5.73 Å². The molecule has 0 unspecified atom stereocenters. The second-order valence-electron chi connectivity index (χ2n) is 6.56. The van der Waals surface area contributed by atoms with Gasteiger partial charge in [-0.2, -0.15) is 5.10 Å². The van der Waals surface area contributed by atoms with Crippen LogP contribution in [0.15, 0.2) is 34.9 Å². The van der Waals surface area contributed by atoms with Crippen molar-refractivity contribution in [3.8, 4) is 5.69 Å². The molecule has 5 nitrogen and oxygen atoms in total. The van der Waals surface area contributed by atoms with Gasteiger partial charge >= 0.3 is 0 Å². The number of nitrogens with two attached hydrogens (primary N) is 1. The molecule has 0 saturated carbocycles. The fourth-order valence-electron chi connectivity index (χ4n) is 2.45. The first-order valence-electron chi connectivity index (χ1n) is 7.51. The van der Waals surface area contributed by atoms with Crippen LogP contribution in [0.3, 0.4) is 0 Å². The van der Waals surface area contributed by atoms with Crippen LogP contribution in [0.1, 0.15) is 29.9 Å². The van der Waals surface area contributed by atoms with Gasteiger partial charge in [-0.25, -0.2) is 4.68 Å². The highest BCUT2D eigenvalue weighted by atomic mass is 79.9. The molecule has 2 N–H and O–H groups in total. The van der Waals surface area contributed by atoms with Gasteiger partial charge in [0.15, 0.2) is 0 Å². The Hall–Kier alpha value is -1.66. The largest absolute Gasteiger partial charge is 0.341 e. The zero-order valence-corrected chi connectivity index (χ0v) is 15.6. The summed E-state index contributed by atoms with van der Waals surface area (Å²) in [7, 11) is 1.80. The first-order chi connectivity index (χ1) is 10.7. The average molecular weight is 379 g/mol. The number of halogens is 1. The van der Waals surface area contributed by atoms with Crippen molar-refractivity contribution in [2.45, 2.75) is 20.8 Å². The summed E-state index contributed by atoms with van der Waals surface area (Å²) in [6.45, 7) is 7.14. The van der Waals surface area contributed by atoms with E-state index in [1.165, 1.54) is 0 Å². The van der Waals surface area contributed by atoms with Gasteiger partial charge < -0.3 is 10.6 Å². The summed E-state index contributed by atoms with van der Waals surface area (Å²) < 4.78 is 2.79. The van der Waals surface area contributed by atoms with Gasteiger partial charge in [-0.15, -0.1) is 0 Å². The van der Waals surface area contributed by atoms with Crippen molar-refractivity contribution in [2.75, 3.05) is 20.1 Å². The molecule has 0 bridgehead atoms. The molecule has 6 heteroatoms. The number of carbonyl (C=O) groups is 1. The van der Waals surface area contributed by atoms with E-state index in [1.807, 2.05) is 31.2 Å². The summed E-state index contributed by atoms with van der Waals surface area (Å²) in [5.41, 5.74) is 8.01. The Bertz CT molecular complexity index is 691. The van der Waals surface area contributed by atoms with Gasteiger partial charge in [-0.05, 0) is 43.1 Å². The normalized spacial score (nSPS) is 11.6. The Morgan fingerprint density at radius 2 is 1.96 bits per heavy atom. The molecule has 0 fully saturated rings. The molecule has 0 aliphatic heterocycles. The van der Waals surface area contributed by atoms with E-state index in [4.69, 9.17) is 5.73 Å². The Balaban J connectivity index is 2.24. The number of nitrogens with zero attached hydrogens (tertiary/aromatic N) is 3. The predicted molar refractivity (Wildman–Crippen MR) is 95.8 cm³/mol. The molecule has 1 aromatic heterocycles. The third-order valence-corrected chi connectivity index (χ3v) is 4.40. The van der Waals surface area contributed by atoms with Crippen molar-refractivity contribution in [2.24, 2.45) is 11.1 Å². The van der Waals surface area contributed by atoms with Crippen molar-refractivity contribution in [1.82, 2.24) is 14.7 Å². The number of rotatable bonds is 5. The van der Waals surface area contributed by atoms with Crippen LogP contribution in [-0.2, 0) is 0 Å². The number of hydrogen-bond acceptors (Lipinski definition) is 3. The molecule has 1 aromatic carbocycles. The molecular formula is C17H23BrN4O. The Labute approximate surface area is 145 Å². The van der Waals surface area contributed by atoms with E-state index >= 15 is 0 Å². The molecule has 0 aliphatic rings. The van der Waals surface area contributed by atoms with Gasteiger partial charge in [-0.1, -0.05) is 29.8 Å². The lowest BCUT2D eigenvalue weighted by Crippen LogP contribution is -2.39. The Kier molecular flexibility index (Phi) is 5.26. The summed E-state index contributed by atoms with van der Waals surface area (Å²) in [5, 5.41) is 4.36. The van der Waals surface area contributed by atoms with Crippen LogP contribution in [-0.4, -0.2) is 40.7 Å². The minimum Gasteiger partial charge on any atom is -0.341 e. The van der Waals surface area contributed by atoms with E-state index in [2.05, 4.69) is 34.9 Å². The molecule has 1 heterocycles. The summed E-state index contributed by atoms with van der Waals surface area (Å²) in [6, 6.07) is 7.82. The van der Waals surface area contributed by atoms with E-state index < -0.39 is 0 Å². The molecule has 0 saturated heterocycles. The van der Waals surface area contributed by atoms with E-state index in [9.17, 15) is 4.79 Å². The fourth-order valence-corrected chi connectivity index (χ4v) is 2.71. The molecule has 0 atom stereocenters. The lowest BCUT2D eigenvalue weighted by atomic mass is 9.93. The molecule has 0 spiro atoms. The maximum absolute atomic E-state index is 12.7. The standard InChI is InChI=1S/C17H23BrN4O/c1-12-15(16(23)21(4)11-17(2,3)10-19)9-20-22(12)14-7-5-13(18)6-8-14/h5-9H,10-11,19H2,1-4H3. The first-order valence-corrected chi connectivity index (χ1v) is 8.30. The highest BCUT2D eigenvalue weighted by Gasteiger charge is 2.24. The summed E-state index contributed by atoms with van der Waals surface area (Å²) >= 11 is 3.42. The number of hydrogen-bond donors (Lipinski definition) is 1. The summed E-state index contributed by atoms with van der Waals surface area (Å²) in [4.78, 5) is 14.4. The van der Waals surface area contributed by atoms with E-state index in [1.54, 1.807) is 22.8 Å². The van der Waals surface area contributed by atoms with Crippen molar-refractivity contribution < 1.29 is 4.79 Å². The van der Waals surface area contributed by atoms with E-state index in [0.717, 1.165) is 15.9 Å². The minimum atomic E-state index is -0.111. The Morgan fingerprint density at radius 1 is 1.35 bits per heavy atom. The van der Waals surface area contributed by atoms with Crippen molar-refractivity contribution in [3.05, 3.63) is 46.2 Å². The van der Waals surface area contributed by atoms with Gasteiger partial charge in [0, 0.05) is 18.1 Å². The quantitative estimate of drug-likeness (QED) is 0.869. The van der Waals surface area contributed by atoms with Crippen molar-refractivity contribution in [1.29, 1.82) is 0 Å². The third-order valence-electron chi connectivity index (χ3n) is 3.88. The molecule has 0 aliphatic carbocycles. The fraction of sp³-hybridized carbons (Fsp3) is 0.412. The second-order valence-corrected chi connectivity index (χ2v) is 7.48. The molecule has 23 heavy (non-hydrogen) atoms. The second kappa shape index (κ2) is 6.84. The van der Waals surface area contributed by atoms with Gasteiger partial charge in [0.1, 0.15) is 0 Å². The smallest absolute Gasteiger partial charge is 0.257 e. The molecule has 2 aromatic rings. The summed E-state index contributed by atoms with van der Waals surface area (Å²) in [5.74, 6) is -0.0348. The molecular weight excluding hydrogens is 356 g/mol. The van der Waals surface area contributed by atoms with Crippen molar-refractivity contribution >= 4 is 21.8 Å². The van der Waals surface area contributed by atoms with Crippen molar-refractivity contribution in [3.63, 3.8) is 0 Å². The minimum absolute atomic E-state index is 0.0348. The maximum Gasteiger partial charge on any atom is 0.257 e. The van der Waals surface area contributed by atoms with Crippen LogP contribution in [0, 0.1) is 12.3 Å². The highest BCUT2D eigenvalue weighted by Crippen LogP contribution is 2.20. The maximum atomic E-state index is 12.7. The van der Waals surface area contributed by atoms with Gasteiger partial charge in [-0.3, -0.25) is 4.79 Å². The van der Waals surface area contributed by atoms with Crippen LogP contribution in [0.5, 0.6) is 0 Å². The topological polar surface area (TPSA) is 64.2 Å². The third kappa shape index (κ3) is 4.00.